The van der Waals surface area contributed by atoms with Gasteiger partial charge in [0.1, 0.15) is 18.1 Å². The number of carbonyl (C=O) groups excluding carboxylic acids is 4. The minimum atomic E-state index is -1.25. The molecule has 2 aromatic carbocycles. The molecule has 244 valence electrons. The van der Waals surface area contributed by atoms with E-state index in [1.165, 1.54) is 0 Å². The average Bonchev–Trinajstić information content (AvgIpc) is 3.64. The van der Waals surface area contributed by atoms with Crippen LogP contribution in [0.1, 0.15) is 44.2 Å². The summed E-state index contributed by atoms with van der Waals surface area (Å²) in [5.74, 6) is -4.34. The van der Waals surface area contributed by atoms with Gasteiger partial charge in [-0.3, -0.25) is 19.2 Å². The molecule has 5 unspecified atom stereocenters. The number of rotatable bonds is 16. The van der Waals surface area contributed by atoms with Crippen molar-refractivity contribution in [1.82, 2.24) is 25.9 Å². The maximum absolute atomic E-state index is 13.7. The number of nitrogens with one attached hydrogen (secondary N) is 5. The highest BCUT2D eigenvalue weighted by Gasteiger charge is 2.32. The van der Waals surface area contributed by atoms with Crippen molar-refractivity contribution in [2.24, 2.45) is 17.4 Å². The van der Waals surface area contributed by atoms with Gasteiger partial charge in [-0.2, -0.15) is 0 Å². The van der Waals surface area contributed by atoms with Crippen molar-refractivity contribution in [2.75, 3.05) is 0 Å². The van der Waals surface area contributed by atoms with Crippen molar-refractivity contribution in [3.05, 3.63) is 72.1 Å². The minimum Gasteiger partial charge on any atom is -0.480 e. The summed E-state index contributed by atoms with van der Waals surface area (Å²) in [6.07, 6.45) is 3.83. The molecule has 13 heteroatoms. The number of primary amides is 1. The fourth-order valence-corrected chi connectivity index (χ4v) is 5.40. The molecule has 46 heavy (non-hydrogen) atoms. The Balaban J connectivity index is 1.55. The fraction of sp³-hybridized carbons (Fsp3) is 0.364. The molecule has 0 aliphatic rings. The Kier molecular flexibility index (Phi) is 11.2. The summed E-state index contributed by atoms with van der Waals surface area (Å²) >= 11 is 0. The molecule has 13 nitrogen and oxygen atoms in total. The summed E-state index contributed by atoms with van der Waals surface area (Å²) in [5.41, 5.74) is 14.9. The van der Waals surface area contributed by atoms with Gasteiger partial charge in [0.05, 0.1) is 6.04 Å². The van der Waals surface area contributed by atoms with Gasteiger partial charge >= 0.3 is 5.97 Å². The zero-order chi connectivity index (χ0) is 33.4. The van der Waals surface area contributed by atoms with Crippen LogP contribution in [0.5, 0.6) is 0 Å². The third-order valence-corrected chi connectivity index (χ3v) is 8.27. The normalized spacial score (nSPS) is 14.6. The Hall–Kier alpha value is -5.17. The van der Waals surface area contributed by atoms with Crippen LogP contribution in [0.2, 0.25) is 0 Å². The number of aromatic nitrogens is 2. The Bertz CT molecular complexity index is 1710. The lowest BCUT2D eigenvalue weighted by atomic mass is 9.97. The third-order valence-electron chi connectivity index (χ3n) is 8.27. The van der Waals surface area contributed by atoms with Crippen molar-refractivity contribution in [2.45, 2.75) is 70.1 Å². The number of aromatic amines is 2. The van der Waals surface area contributed by atoms with Gasteiger partial charge in [0.2, 0.25) is 23.6 Å². The average molecular weight is 632 g/mol. The number of carbonyl (C=O) groups is 5. The zero-order valence-electron chi connectivity index (χ0n) is 25.8. The summed E-state index contributed by atoms with van der Waals surface area (Å²) in [5, 5.41) is 19.4. The molecule has 0 aliphatic carbocycles. The van der Waals surface area contributed by atoms with Crippen LogP contribution in [0.15, 0.2) is 60.9 Å². The highest BCUT2D eigenvalue weighted by Crippen LogP contribution is 2.21. The lowest BCUT2D eigenvalue weighted by molar-refractivity contribution is -0.143. The molecule has 10 N–H and O–H groups in total. The number of para-hydroxylation sites is 2. The number of amides is 4. The van der Waals surface area contributed by atoms with Crippen LogP contribution in [0.3, 0.4) is 0 Å². The van der Waals surface area contributed by atoms with E-state index in [0.717, 1.165) is 27.4 Å². The Labute approximate surface area is 265 Å². The molecule has 2 aromatic heterocycles. The van der Waals surface area contributed by atoms with Crippen molar-refractivity contribution < 1.29 is 29.1 Å². The number of H-pyrrole nitrogens is 2. The van der Waals surface area contributed by atoms with Crippen LogP contribution in [0.4, 0.5) is 0 Å². The monoisotopic (exact) mass is 631 g/mol. The quantitative estimate of drug-likeness (QED) is 0.0911. The van der Waals surface area contributed by atoms with Gasteiger partial charge in [0.25, 0.3) is 0 Å². The van der Waals surface area contributed by atoms with Gasteiger partial charge < -0.3 is 42.5 Å². The summed E-state index contributed by atoms with van der Waals surface area (Å²) in [4.78, 5) is 70.4. The van der Waals surface area contributed by atoms with Gasteiger partial charge in [-0.15, -0.1) is 0 Å². The number of fused-ring (bicyclic) bond motifs is 2. The lowest BCUT2D eigenvalue weighted by Crippen LogP contribution is -2.58. The van der Waals surface area contributed by atoms with E-state index in [2.05, 4.69) is 25.9 Å². The maximum atomic E-state index is 13.7. The zero-order valence-corrected chi connectivity index (χ0v) is 25.8. The molecule has 5 atom stereocenters. The van der Waals surface area contributed by atoms with Crippen molar-refractivity contribution in [3.8, 4) is 0 Å². The number of carboxylic acids is 1. The number of benzene rings is 2. The van der Waals surface area contributed by atoms with E-state index in [0.29, 0.717) is 12.0 Å². The SMILES string of the molecule is CCC(C)C(NC(=O)C(Cc1c[nH]c2ccccc12)NC(=O)C(CCC(N)=O)NC(=O)C(N)Cc1c[nH]c2ccccc12)C(=O)O. The predicted molar refractivity (Wildman–Crippen MR) is 173 cm³/mol. The van der Waals surface area contributed by atoms with Crippen LogP contribution in [0.25, 0.3) is 21.8 Å². The van der Waals surface area contributed by atoms with E-state index in [-0.39, 0.29) is 31.6 Å². The second-order valence-electron chi connectivity index (χ2n) is 11.6. The van der Waals surface area contributed by atoms with E-state index >= 15 is 0 Å². The van der Waals surface area contributed by atoms with Gasteiger partial charge in [-0.1, -0.05) is 56.7 Å². The predicted octanol–water partition coefficient (Wildman–Crippen LogP) is 1.61. The third kappa shape index (κ3) is 8.30. The highest BCUT2D eigenvalue weighted by molar-refractivity contribution is 5.95. The molecule has 4 aromatic rings. The molecule has 0 bridgehead atoms. The molecule has 0 fully saturated rings. The molecular formula is C33H41N7O6. The summed E-state index contributed by atoms with van der Waals surface area (Å²) in [7, 11) is 0. The lowest BCUT2D eigenvalue weighted by Gasteiger charge is -2.26. The van der Waals surface area contributed by atoms with Gasteiger partial charge in [0, 0.05) is 47.0 Å². The summed E-state index contributed by atoms with van der Waals surface area (Å²) in [6, 6.07) is 10.3. The van der Waals surface area contributed by atoms with E-state index < -0.39 is 53.8 Å². The van der Waals surface area contributed by atoms with Gasteiger partial charge in [0.15, 0.2) is 0 Å². The first kappa shape index (κ1) is 33.7. The number of hydrogen-bond acceptors (Lipinski definition) is 6. The first-order valence-corrected chi connectivity index (χ1v) is 15.3. The Morgan fingerprint density at radius 2 is 1.30 bits per heavy atom. The molecule has 2 heterocycles. The molecule has 4 rings (SSSR count). The van der Waals surface area contributed by atoms with Crippen LogP contribution in [0, 0.1) is 5.92 Å². The maximum Gasteiger partial charge on any atom is 0.326 e. The first-order valence-electron chi connectivity index (χ1n) is 15.3. The van der Waals surface area contributed by atoms with E-state index in [9.17, 15) is 29.1 Å². The number of nitrogens with two attached hydrogens (primary N) is 2. The van der Waals surface area contributed by atoms with Crippen LogP contribution >= 0.6 is 0 Å². The van der Waals surface area contributed by atoms with Crippen molar-refractivity contribution in [3.63, 3.8) is 0 Å². The highest BCUT2D eigenvalue weighted by atomic mass is 16.4. The van der Waals surface area contributed by atoms with Crippen LogP contribution in [-0.2, 0) is 36.8 Å². The molecule has 0 radical (unpaired) electrons. The molecule has 0 saturated heterocycles. The second-order valence-corrected chi connectivity index (χ2v) is 11.6. The Morgan fingerprint density at radius 1 is 0.783 bits per heavy atom. The van der Waals surface area contributed by atoms with E-state index in [1.807, 2.05) is 55.5 Å². The molecule has 0 aliphatic heterocycles. The first-order chi connectivity index (χ1) is 22.0. The van der Waals surface area contributed by atoms with Crippen LogP contribution in [-0.4, -0.2) is 68.8 Å². The molecule has 4 amide bonds. The summed E-state index contributed by atoms with van der Waals surface area (Å²) in [6.45, 7) is 3.52. The van der Waals surface area contributed by atoms with E-state index in [1.54, 1.807) is 19.3 Å². The van der Waals surface area contributed by atoms with Gasteiger partial charge in [-0.25, -0.2) is 4.79 Å². The van der Waals surface area contributed by atoms with Crippen LogP contribution < -0.4 is 27.4 Å². The van der Waals surface area contributed by atoms with Crippen molar-refractivity contribution in [1.29, 1.82) is 0 Å². The fourth-order valence-electron chi connectivity index (χ4n) is 5.40. The topological polar surface area (TPSA) is 225 Å². The molecular weight excluding hydrogens is 590 g/mol. The molecule has 0 saturated carbocycles. The summed E-state index contributed by atoms with van der Waals surface area (Å²) < 4.78 is 0. The standard InChI is InChI=1S/C33H41N7O6/c1-3-18(2)29(33(45)46)40-32(44)27(15-20-17-37-25-11-7-5-9-22(20)25)39-31(43)26(12-13-28(35)41)38-30(42)23(34)14-19-16-36-24-10-6-4-8-21(19)24/h4-11,16-18,23,26-27,29,36-37H,3,12-15,34H2,1-2H3,(H2,35,41)(H,38,42)(H,39,43)(H,40,44)(H,45,46). The smallest absolute Gasteiger partial charge is 0.326 e. The largest absolute Gasteiger partial charge is 0.480 e. The Morgan fingerprint density at radius 3 is 1.85 bits per heavy atom. The minimum absolute atomic E-state index is 0.0188. The molecule has 0 spiro atoms. The number of hydrogen-bond donors (Lipinski definition) is 8. The second kappa shape index (κ2) is 15.2. The number of aliphatic carboxylic acids is 1. The number of carboxylic acid groups (broad SMARTS) is 1. The van der Waals surface area contributed by atoms with E-state index in [4.69, 9.17) is 11.5 Å². The van der Waals surface area contributed by atoms with Gasteiger partial charge in [-0.05, 0) is 42.0 Å². The van der Waals surface area contributed by atoms with Crippen molar-refractivity contribution >= 4 is 51.4 Å².